The topological polar surface area (TPSA) is 58.6 Å². The van der Waals surface area contributed by atoms with Crippen molar-refractivity contribution in [2.75, 3.05) is 6.54 Å². The van der Waals surface area contributed by atoms with Gasteiger partial charge in [-0.05, 0) is 48.9 Å². The van der Waals surface area contributed by atoms with Gasteiger partial charge in [-0.15, -0.1) is 0 Å². The van der Waals surface area contributed by atoms with Gasteiger partial charge in [0.15, 0.2) is 0 Å². The van der Waals surface area contributed by atoms with E-state index in [9.17, 15) is 18.0 Å². The van der Waals surface area contributed by atoms with E-state index in [1.165, 1.54) is 24.3 Å². The molecule has 4 nitrogen and oxygen atoms in total. The van der Waals surface area contributed by atoms with Gasteiger partial charge in [0.2, 0.25) is 0 Å². The summed E-state index contributed by atoms with van der Waals surface area (Å²) in [5.41, 5.74) is 0.790. The maximum Gasteiger partial charge on any atom is 0.401 e. The molecule has 0 fully saturated rings. The van der Waals surface area contributed by atoms with E-state index in [4.69, 9.17) is 9.84 Å². The van der Waals surface area contributed by atoms with E-state index in [-0.39, 0.29) is 5.56 Å². The molecule has 140 valence electrons. The molecule has 8 heteroatoms. The second-order valence-corrected chi connectivity index (χ2v) is 6.62. The first-order chi connectivity index (χ1) is 12.2. The van der Waals surface area contributed by atoms with Crippen molar-refractivity contribution in [2.45, 2.75) is 25.2 Å². The molecule has 2 N–H and O–H groups in total. The van der Waals surface area contributed by atoms with Crippen molar-refractivity contribution < 1.29 is 27.8 Å². The fourth-order valence-electron chi connectivity index (χ4n) is 2.32. The maximum atomic E-state index is 12.5. The molecule has 0 aliphatic heterocycles. The summed E-state index contributed by atoms with van der Waals surface area (Å²) >= 11 is 3.32. The molecule has 0 saturated carbocycles. The Morgan fingerprint density at radius 3 is 2.23 bits per heavy atom. The first kappa shape index (κ1) is 20.3. The van der Waals surface area contributed by atoms with Crippen LogP contribution in [-0.2, 0) is 0 Å². The third kappa shape index (κ3) is 6.03. The standard InChI is InChI=1S/C18H17BrF3NO3/c1-11(23-10-18(20,21)22)16(12-2-6-14(19)7-3-12)26-15-8-4-13(5-9-15)17(24)25/h2-9,11,16,23H,10H2,1H3,(H,24,25)/t11-,16-/m0/s1. The Morgan fingerprint density at radius 1 is 1.15 bits per heavy atom. The molecular formula is C18H17BrF3NO3. The molecule has 0 heterocycles. The lowest BCUT2D eigenvalue weighted by molar-refractivity contribution is -0.127. The average molecular weight is 432 g/mol. The predicted molar refractivity (Wildman–Crippen MR) is 94.4 cm³/mol. The maximum absolute atomic E-state index is 12.5. The molecular weight excluding hydrogens is 415 g/mol. The largest absolute Gasteiger partial charge is 0.484 e. The number of carboxylic acids is 1. The van der Waals surface area contributed by atoms with Crippen molar-refractivity contribution in [1.82, 2.24) is 5.32 Å². The lowest BCUT2D eigenvalue weighted by Gasteiger charge is -2.27. The molecule has 2 atom stereocenters. The monoisotopic (exact) mass is 431 g/mol. The molecule has 0 bridgehead atoms. The highest BCUT2D eigenvalue weighted by Gasteiger charge is 2.30. The van der Waals surface area contributed by atoms with E-state index in [2.05, 4.69) is 21.2 Å². The molecule has 0 aromatic heterocycles. The van der Waals surface area contributed by atoms with E-state index < -0.39 is 30.8 Å². The zero-order valence-electron chi connectivity index (χ0n) is 13.8. The number of rotatable bonds is 7. The highest BCUT2D eigenvalue weighted by Crippen LogP contribution is 2.27. The van der Waals surface area contributed by atoms with Crippen LogP contribution in [0.3, 0.4) is 0 Å². The zero-order chi connectivity index (χ0) is 19.3. The minimum atomic E-state index is -4.33. The molecule has 0 aliphatic carbocycles. The minimum absolute atomic E-state index is 0.0980. The number of benzene rings is 2. The molecule has 0 radical (unpaired) electrons. The Bertz CT molecular complexity index is 733. The zero-order valence-corrected chi connectivity index (χ0v) is 15.3. The van der Waals surface area contributed by atoms with Crippen LogP contribution in [-0.4, -0.2) is 29.8 Å². The van der Waals surface area contributed by atoms with Gasteiger partial charge in [-0.2, -0.15) is 13.2 Å². The highest BCUT2D eigenvalue weighted by atomic mass is 79.9. The summed E-state index contributed by atoms with van der Waals surface area (Å²) in [7, 11) is 0. The predicted octanol–water partition coefficient (Wildman–Crippen LogP) is 4.81. The lowest BCUT2D eigenvalue weighted by atomic mass is 10.0. The van der Waals surface area contributed by atoms with Gasteiger partial charge in [0.1, 0.15) is 11.9 Å². The van der Waals surface area contributed by atoms with Gasteiger partial charge in [-0.25, -0.2) is 4.79 Å². The van der Waals surface area contributed by atoms with Gasteiger partial charge in [0.25, 0.3) is 0 Å². The highest BCUT2D eigenvalue weighted by molar-refractivity contribution is 9.10. The lowest BCUT2D eigenvalue weighted by Crippen LogP contribution is -2.40. The van der Waals surface area contributed by atoms with Gasteiger partial charge >= 0.3 is 12.1 Å². The Labute approximate surface area is 157 Å². The van der Waals surface area contributed by atoms with Gasteiger partial charge in [-0.3, -0.25) is 0 Å². The molecule has 26 heavy (non-hydrogen) atoms. The SMILES string of the molecule is C[C@H](NCC(F)(F)F)[C@H](Oc1ccc(C(=O)O)cc1)c1ccc(Br)cc1. The van der Waals surface area contributed by atoms with Crippen LogP contribution in [0.2, 0.25) is 0 Å². The first-order valence-electron chi connectivity index (χ1n) is 7.71. The molecule has 0 amide bonds. The second kappa shape index (κ2) is 8.55. The van der Waals surface area contributed by atoms with E-state index in [1.54, 1.807) is 31.2 Å². The average Bonchev–Trinajstić information content (AvgIpc) is 2.58. The number of aromatic carboxylic acids is 1. The number of ether oxygens (including phenoxy) is 1. The summed E-state index contributed by atoms with van der Waals surface area (Å²) in [4.78, 5) is 10.9. The Balaban J connectivity index is 2.21. The van der Waals surface area contributed by atoms with Gasteiger partial charge < -0.3 is 15.2 Å². The van der Waals surface area contributed by atoms with Crippen LogP contribution in [0.1, 0.15) is 28.9 Å². The van der Waals surface area contributed by atoms with Crippen molar-refractivity contribution in [2.24, 2.45) is 0 Å². The van der Waals surface area contributed by atoms with Crippen LogP contribution in [0.25, 0.3) is 0 Å². The summed E-state index contributed by atoms with van der Waals surface area (Å²) in [6.07, 6.45) is -5.03. The number of halogens is 4. The Morgan fingerprint density at radius 2 is 1.73 bits per heavy atom. The van der Waals surface area contributed by atoms with Crippen LogP contribution >= 0.6 is 15.9 Å². The van der Waals surface area contributed by atoms with Crippen LogP contribution in [0, 0.1) is 0 Å². The van der Waals surface area contributed by atoms with Crippen molar-refractivity contribution in [1.29, 1.82) is 0 Å². The van der Waals surface area contributed by atoms with Crippen molar-refractivity contribution in [3.8, 4) is 5.75 Å². The van der Waals surface area contributed by atoms with Crippen molar-refractivity contribution in [3.05, 3.63) is 64.1 Å². The first-order valence-corrected chi connectivity index (χ1v) is 8.50. The van der Waals surface area contributed by atoms with Gasteiger partial charge in [-0.1, -0.05) is 28.1 Å². The fraction of sp³-hybridized carbons (Fsp3) is 0.278. The number of hydrogen-bond donors (Lipinski definition) is 2. The Kier molecular flexibility index (Phi) is 6.66. The minimum Gasteiger partial charge on any atom is -0.484 e. The summed E-state index contributed by atoms with van der Waals surface area (Å²) in [5, 5.41) is 11.4. The third-order valence-electron chi connectivity index (χ3n) is 3.64. The van der Waals surface area contributed by atoms with Crippen LogP contribution < -0.4 is 10.1 Å². The number of nitrogens with one attached hydrogen (secondary N) is 1. The fourth-order valence-corrected chi connectivity index (χ4v) is 2.58. The summed E-state index contributed by atoms with van der Waals surface area (Å²) in [5.74, 6) is -0.704. The smallest absolute Gasteiger partial charge is 0.401 e. The van der Waals surface area contributed by atoms with E-state index >= 15 is 0 Å². The molecule has 0 spiro atoms. The summed E-state index contributed by atoms with van der Waals surface area (Å²) < 4.78 is 44.2. The van der Waals surface area contributed by atoms with Crippen LogP contribution in [0.15, 0.2) is 53.0 Å². The molecule has 0 aliphatic rings. The summed E-state index contributed by atoms with van der Waals surface area (Å²) in [6, 6.07) is 12.1. The third-order valence-corrected chi connectivity index (χ3v) is 4.17. The Hall–Kier alpha value is -2.06. The van der Waals surface area contributed by atoms with Gasteiger partial charge in [0.05, 0.1) is 12.1 Å². The quantitative estimate of drug-likeness (QED) is 0.660. The normalized spacial score (nSPS) is 13.9. The van der Waals surface area contributed by atoms with E-state index in [0.717, 1.165) is 4.47 Å². The molecule has 2 aromatic rings. The number of carboxylic acid groups (broad SMARTS) is 1. The molecule has 0 saturated heterocycles. The van der Waals surface area contributed by atoms with Crippen LogP contribution in [0.5, 0.6) is 5.75 Å². The van der Waals surface area contributed by atoms with E-state index in [1.807, 2.05) is 0 Å². The van der Waals surface area contributed by atoms with Crippen molar-refractivity contribution in [3.63, 3.8) is 0 Å². The molecule has 2 aromatic carbocycles. The molecule has 2 rings (SSSR count). The van der Waals surface area contributed by atoms with Crippen LogP contribution in [0.4, 0.5) is 13.2 Å². The number of carbonyl (C=O) groups is 1. The van der Waals surface area contributed by atoms with Gasteiger partial charge in [0, 0.05) is 10.5 Å². The molecule has 0 unspecified atom stereocenters. The second-order valence-electron chi connectivity index (χ2n) is 5.70. The summed E-state index contributed by atoms with van der Waals surface area (Å²) in [6.45, 7) is 0.465. The number of hydrogen-bond acceptors (Lipinski definition) is 3. The van der Waals surface area contributed by atoms with Crippen molar-refractivity contribution >= 4 is 21.9 Å². The van der Waals surface area contributed by atoms with E-state index in [0.29, 0.717) is 11.3 Å². The number of alkyl halides is 3.